The minimum atomic E-state index is -4.46. The lowest BCUT2D eigenvalue weighted by Crippen LogP contribution is -2.20. The van der Waals surface area contributed by atoms with E-state index in [0.29, 0.717) is 17.4 Å². The second-order valence-electron chi connectivity index (χ2n) is 4.46. The van der Waals surface area contributed by atoms with Gasteiger partial charge in [-0.25, -0.2) is 4.98 Å². The zero-order valence-corrected chi connectivity index (χ0v) is 11.4. The number of fused-ring (bicyclic) bond motifs is 1. The normalized spacial score (nSPS) is 18.8. The first-order valence-corrected chi connectivity index (χ1v) is 7.12. The Hall–Kier alpha value is -1.96. The van der Waals surface area contributed by atoms with Gasteiger partial charge in [0.1, 0.15) is 11.6 Å². The number of hydrogen-bond acceptors (Lipinski definition) is 3. The Morgan fingerprint density at radius 3 is 2.67 bits per heavy atom. The first-order chi connectivity index (χ1) is 9.97. The number of nitrogens with one attached hydrogen (secondary N) is 1. The maximum Gasteiger partial charge on any atom is 0.406 e. The molecule has 1 amide bonds. The molecule has 0 unspecified atom stereocenters. The summed E-state index contributed by atoms with van der Waals surface area (Å²) in [6.07, 6.45) is -3.16. The van der Waals surface area contributed by atoms with Crippen LogP contribution in [0, 0.1) is 0 Å². The number of nitrogens with zero attached hydrogens (tertiary/aromatic N) is 2. The van der Waals surface area contributed by atoms with Crippen molar-refractivity contribution in [3.63, 3.8) is 0 Å². The summed E-state index contributed by atoms with van der Waals surface area (Å²) in [7, 11) is 0. The van der Waals surface area contributed by atoms with E-state index < -0.39 is 17.3 Å². The second-order valence-corrected chi connectivity index (χ2v) is 5.56. The summed E-state index contributed by atoms with van der Waals surface area (Å²) < 4.78 is 41.3. The summed E-state index contributed by atoms with van der Waals surface area (Å²) in [5, 5.41) is 0.626. The Bertz CT molecular complexity index is 669. The lowest BCUT2D eigenvalue weighted by Gasteiger charge is -2.20. The van der Waals surface area contributed by atoms with E-state index in [1.807, 2.05) is 0 Å². The molecule has 0 saturated heterocycles. The van der Waals surface area contributed by atoms with Crippen molar-refractivity contribution in [2.75, 3.05) is 11.1 Å². The number of halogens is 3. The topological polar surface area (TPSA) is 46.9 Å². The third-order valence-electron chi connectivity index (χ3n) is 3.02. The fraction of sp³-hybridized carbons (Fsp3) is 0.231. The van der Waals surface area contributed by atoms with E-state index in [4.69, 9.17) is 0 Å². The molecule has 1 aliphatic heterocycles. The first-order valence-electron chi connectivity index (χ1n) is 6.07. The number of carbonyl (C=O) groups excluding carboxylic acids is 1. The summed E-state index contributed by atoms with van der Waals surface area (Å²) in [5.74, 6) is -0.766. The lowest BCUT2D eigenvalue weighted by molar-refractivity contribution is -0.130. The number of anilines is 1. The molecule has 3 rings (SSSR count). The van der Waals surface area contributed by atoms with Crippen LogP contribution < -0.4 is 5.32 Å². The predicted octanol–water partition coefficient (Wildman–Crippen LogP) is 3.16. The standard InChI is InChI=1S/C13H10F3N3OS/c14-13(15,16)11-10-12(18-9(20)6-21-11)17-7-19(10)8-4-2-1-3-5-8/h1-5,7,11H,6H2,(H,18,20)/t11-/m1/s1. The van der Waals surface area contributed by atoms with Crippen molar-refractivity contribution >= 4 is 23.5 Å². The number of rotatable bonds is 1. The van der Waals surface area contributed by atoms with Gasteiger partial charge in [-0.15, -0.1) is 11.8 Å². The molecular weight excluding hydrogens is 303 g/mol. The molecule has 1 aromatic heterocycles. The number of para-hydroxylation sites is 1. The highest BCUT2D eigenvalue weighted by molar-refractivity contribution is 8.00. The van der Waals surface area contributed by atoms with Crippen molar-refractivity contribution in [3.05, 3.63) is 42.4 Å². The fourth-order valence-corrected chi connectivity index (χ4v) is 3.12. The van der Waals surface area contributed by atoms with Gasteiger partial charge in [0.15, 0.2) is 5.82 Å². The largest absolute Gasteiger partial charge is 0.406 e. The monoisotopic (exact) mass is 313 g/mol. The van der Waals surface area contributed by atoms with Crippen molar-refractivity contribution in [2.24, 2.45) is 0 Å². The van der Waals surface area contributed by atoms with Gasteiger partial charge < -0.3 is 5.32 Å². The van der Waals surface area contributed by atoms with E-state index in [1.54, 1.807) is 30.3 Å². The molecule has 0 spiro atoms. The van der Waals surface area contributed by atoms with Crippen molar-refractivity contribution < 1.29 is 18.0 Å². The number of thioether (sulfide) groups is 1. The van der Waals surface area contributed by atoms with Gasteiger partial charge in [-0.05, 0) is 12.1 Å². The third kappa shape index (κ3) is 2.63. The molecule has 1 aliphatic rings. The molecule has 2 heterocycles. The molecule has 0 bridgehead atoms. The van der Waals surface area contributed by atoms with Crippen LogP contribution in [-0.4, -0.2) is 27.4 Å². The average Bonchev–Trinajstić information content (AvgIpc) is 2.74. The van der Waals surface area contributed by atoms with Crippen LogP contribution in [0.3, 0.4) is 0 Å². The summed E-state index contributed by atoms with van der Waals surface area (Å²) in [4.78, 5) is 15.4. The number of alkyl halides is 3. The van der Waals surface area contributed by atoms with Crippen LogP contribution in [-0.2, 0) is 4.79 Å². The molecule has 1 N–H and O–H groups in total. The summed E-state index contributed by atoms with van der Waals surface area (Å²) in [5.41, 5.74) is 0.516. The van der Waals surface area contributed by atoms with E-state index >= 15 is 0 Å². The van der Waals surface area contributed by atoms with Crippen LogP contribution >= 0.6 is 11.8 Å². The summed E-state index contributed by atoms with van der Waals surface area (Å²) in [6.45, 7) is 0. The zero-order chi connectivity index (χ0) is 15.0. The van der Waals surface area contributed by atoms with Crippen molar-refractivity contribution in [1.29, 1.82) is 0 Å². The molecule has 0 saturated carbocycles. The van der Waals surface area contributed by atoms with Gasteiger partial charge in [0.2, 0.25) is 5.91 Å². The van der Waals surface area contributed by atoms with Gasteiger partial charge in [0.05, 0.1) is 11.4 Å². The molecule has 8 heteroatoms. The van der Waals surface area contributed by atoms with Crippen LogP contribution in [0.1, 0.15) is 10.9 Å². The van der Waals surface area contributed by atoms with Crippen LogP contribution in [0.5, 0.6) is 0 Å². The second kappa shape index (κ2) is 5.10. The molecule has 2 aromatic rings. The van der Waals surface area contributed by atoms with Gasteiger partial charge in [-0.1, -0.05) is 18.2 Å². The SMILES string of the molecule is O=C1CS[C@@H](C(F)(F)F)c2c(ncn2-c2ccccc2)N1. The lowest BCUT2D eigenvalue weighted by atomic mass is 10.2. The Kier molecular flexibility index (Phi) is 3.40. The molecule has 0 radical (unpaired) electrons. The average molecular weight is 313 g/mol. The van der Waals surface area contributed by atoms with E-state index in [-0.39, 0.29) is 17.3 Å². The number of hydrogen-bond donors (Lipinski definition) is 1. The van der Waals surface area contributed by atoms with Crippen LogP contribution in [0.15, 0.2) is 36.7 Å². The maximum atomic E-state index is 13.3. The number of imidazole rings is 1. The highest BCUT2D eigenvalue weighted by Crippen LogP contribution is 2.47. The molecule has 0 aliphatic carbocycles. The van der Waals surface area contributed by atoms with Gasteiger partial charge in [0, 0.05) is 5.69 Å². The predicted molar refractivity (Wildman–Crippen MR) is 73.4 cm³/mol. The zero-order valence-electron chi connectivity index (χ0n) is 10.6. The van der Waals surface area contributed by atoms with Crippen molar-refractivity contribution in [2.45, 2.75) is 11.4 Å². The molecular formula is C13H10F3N3OS. The Balaban J connectivity index is 2.16. The molecule has 21 heavy (non-hydrogen) atoms. The first kappa shape index (κ1) is 14.0. The quantitative estimate of drug-likeness (QED) is 0.880. The summed E-state index contributed by atoms with van der Waals surface area (Å²) >= 11 is 0.557. The fourth-order valence-electron chi connectivity index (χ4n) is 2.15. The van der Waals surface area contributed by atoms with Gasteiger partial charge in [0.25, 0.3) is 0 Å². The minimum Gasteiger partial charge on any atom is -0.308 e. The smallest absolute Gasteiger partial charge is 0.308 e. The Morgan fingerprint density at radius 2 is 2.00 bits per heavy atom. The maximum absolute atomic E-state index is 13.3. The Labute approximate surface area is 122 Å². The van der Waals surface area contributed by atoms with Crippen LogP contribution in [0.2, 0.25) is 0 Å². The molecule has 4 nitrogen and oxygen atoms in total. The molecule has 1 atom stereocenters. The highest BCUT2D eigenvalue weighted by atomic mass is 32.2. The van der Waals surface area contributed by atoms with E-state index in [0.717, 1.165) is 0 Å². The van der Waals surface area contributed by atoms with Gasteiger partial charge in [-0.3, -0.25) is 9.36 Å². The molecule has 110 valence electrons. The number of amides is 1. The number of benzene rings is 1. The number of aromatic nitrogens is 2. The molecule has 0 fully saturated rings. The highest BCUT2D eigenvalue weighted by Gasteiger charge is 2.46. The summed E-state index contributed by atoms with van der Waals surface area (Å²) in [6, 6.07) is 8.61. The molecule has 1 aromatic carbocycles. The van der Waals surface area contributed by atoms with Gasteiger partial charge >= 0.3 is 6.18 Å². The van der Waals surface area contributed by atoms with Crippen molar-refractivity contribution in [1.82, 2.24) is 9.55 Å². The van der Waals surface area contributed by atoms with Crippen LogP contribution in [0.4, 0.5) is 19.0 Å². The minimum absolute atomic E-state index is 0.0313. The Morgan fingerprint density at radius 1 is 1.29 bits per heavy atom. The van der Waals surface area contributed by atoms with Gasteiger partial charge in [-0.2, -0.15) is 13.2 Å². The number of carbonyl (C=O) groups is 1. The third-order valence-corrected chi connectivity index (χ3v) is 4.28. The van der Waals surface area contributed by atoms with E-state index in [9.17, 15) is 18.0 Å². The van der Waals surface area contributed by atoms with Crippen molar-refractivity contribution in [3.8, 4) is 5.69 Å². The van der Waals surface area contributed by atoms with E-state index in [1.165, 1.54) is 10.9 Å². The van der Waals surface area contributed by atoms with Crippen LogP contribution in [0.25, 0.3) is 5.69 Å². The van der Waals surface area contributed by atoms with E-state index in [2.05, 4.69) is 10.3 Å².